The van der Waals surface area contributed by atoms with Crippen LogP contribution in [-0.4, -0.2) is 61.2 Å². The number of hydrogen-bond acceptors (Lipinski definition) is 6. The van der Waals surface area contributed by atoms with Gasteiger partial charge < -0.3 is 9.64 Å². The van der Waals surface area contributed by atoms with Gasteiger partial charge in [0.1, 0.15) is 5.75 Å². The van der Waals surface area contributed by atoms with Crippen LogP contribution < -0.4 is 4.74 Å². The molecule has 0 radical (unpaired) electrons. The summed E-state index contributed by atoms with van der Waals surface area (Å²) in [6, 6.07) is 10.6. The van der Waals surface area contributed by atoms with Crippen LogP contribution in [0.3, 0.4) is 0 Å². The molecule has 0 aliphatic carbocycles. The molecule has 1 aliphatic heterocycles. The summed E-state index contributed by atoms with van der Waals surface area (Å²) >= 11 is 5.92. The maximum atomic E-state index is 12.9. The zero-order chi connectivity index (χ0) is 23.3. The summed E-state index contributed by atoms with van der Waals surface area (Å²) in [5, 5.41) is 11.8. The number of para-hydroxylation sites is 1. The second kappa shape index (κ2) is 10.3. The standard InChI is InChI=1S/C21H24ClN3O6S/c1-16-15-17(22)8-9-19(16)31-14-4-7-21(26)23-10-12-24(13-11-23)32(29,30)20-6-3-2-5-18(20)25(27)28/h2-3,5-6,8-9,15H,4,7,10-14H2,1H3. The van der Waals surface area contributed by atoms with Gasteiger partial charge in [0.05, 0.1) is 11.5 Å². The van der Waals surface area contributed by atoms with E-state index in [1.165, 1.54) is 28.6 Å². The SMILES string of the molecule is Cc1cc(Cl)ccc1OCCCC(=O)N1CCN(S(=O)(=O)c2ccccc2[N+](=O)[O-])CC1. The van der Waals surface area contributed by atoms with Gasteiger partial charge in [-0.15, -0.1) is 0 Å². The summed E-state index contributed by atoms with van der Waals surface area (Å²) in [6.45, 7) is 2.90. The van der Waals surface area contributed by atoms with Crippen molar-refractivity contribution < 1.29 is 22.9 Å². The molecule has 1 amide bonds. The van der Waals surface area contributed by atoms with Gasteiger partial charge in [0, 0.05) is 43.7 Å². The van der Waals surface area contributed by atoms with Crippen molar-refractivity contribution in [1.29, 1.82) is 0 Å². The van der Waals surface area contributed by atoms with Crippen LogP contribution in [-0.2, 0) is 14.8 Å². The van der Waals surface area contributed by atoms with Crippen LogP contribution in [0.2, 0.25) is 5.02 Å². The number of aryl methyl sites for hydroxylation is 1. The number of nitro groups is 1. The average Bonchev–Trinajstić information content (AvgIpc) is 2.77. The van der Waals surface area contributed by atoms with Crippen molar-refractivity contribution >= 4 is 33.2 Å². The summed E-state index contributed by atoms with van der Waals surface area (Å²) in [5.41, 5.74) is 0.460. The molecule has 0 atom stereocenters. The Balaban J connectivity index is 1.50. The Bertz CT molecular complexity index is 1100. The zero-order valence-electron chi connectivity index (χ0n) is 17.6. The minimum absolute atomic E-state index is 0.0795. The van der Waals surface area contributed by atoms with Crippen LogP contribution >= 0.6 is 11.6 Å². The lowest BCUT2D eigenvalue weighted by molar-refractivity contribution is -0.387. The number of sulfonamides is 1. The zero-order valence-corrected chi connectivity index (χ0v) is 19.1. The minimum atomic E-state index is -4.02. The van der Waals surface area contributed by atoms with Gasteiger partial charge in [0.2, 0.25) is 15.9 Å². The average molecular weight is 482 g/mol. The molecule has 0 bridgehead atoms. The predicted molar refractivity (Wildman–Crippen MR) is 119 cm³/mol. The molecule has 2 aromatic carbocycles. The fraction of sp³-hybridized carbons (Fsp3) is 0.381. The highest BCUT2D eigenvalue weighted by Gasteiger charge is 2.34. The van der Waals surface area contributed by atoms with Crippen molar-refractivity contribution in [2.24, 2.45) is 0 Å². The molecule has 1 saturated heterocycles. The molecule has 0 aromatic heterocycles. The molecule has 0 N–H and O–H groups in total. The number of nitro benzene ring substituents is 1. The summed E-state index contributed by atoms with van der Waals surface area (Å²) in [6.07, 6.45) is 0.805. The van der Waals surface area contributed by atoms with E-state index in [-0.39, 0.29) is 43.4 Å². The fourth-order valence-corrected chi connectivity index (χ4v) is 5.29. The Labute approximate surface area is 191 Å². The number of benzene rings is 2. The van der Waals surface area contributed by atoms with E-state index in [0.29, 0.717) is 18.1 Å². The topological polar surface area (TPSA) is 110 Å². The molecule has 0 spiro atoms. The lowest BCUT2D eigenvalue weighted by Gasteiger charge is -2.34. The Morgan fingerprint density at radius 2 is 1.84 bits per heavy atom. The molecule has 1 aliphatic rings. The van der Waals surface area contributed by atoms with Gasteiger partial charge in [-0.2, -0.15) is 4.31 Å². The predicted octanol–water partition coefficient (Wildman–Crippen LogP) is 3.25. The van der Waals surface area contributed by atoms with Gasteiger partial charge in [-0.25, -0.2) is 8.42 Å². The molecule has 9 nitrogen and oxygen atoms in total. The number of amides is 1. The van der Waals surface area contributed by atoms with E-state index in [0.717, 1.165) is 11.3 Å². The van der Waals surface area contributed by atoms with Gasteiger partial charge in [0.15, 0.2) is 4.90 Å². The number of carbonyl (C=O) groups excluding carboxylic acids is 1. The second-order valence-corrected chi connectivity index (χ2v) is 9.71. The van der Waals surface area contributed by atoms with Gasteiger partial charge in [0.25, 0.3) is 5.69 Å². The molecular weight excluding hydrogens is 458 g/mol. The highest BCUT2D eigenvalue weighted by atomic mass is 35.5. The van der Waals surface area contributed by atoms with Crippen molar-refractivity contribution in [3.8, 4) is 5.75 Å². The van der Waals surface area contributed by atoms with Crippen molar-refractivity contribution in [2.75, 3.05) is 32.8 Å². The van der Waals surface area contributed by atoms with Crippen LogP contribution in [0.4, 0.5) is 5.69 Å². The second-order valence-electron chi connectivity index (χ2n) is 7.37. The summed E-state index contributed by atoms with van der Waals surface area (Å²) in [7, 11) is -4.02. The monoisotopic (exact) mass is 481 g/mol. The molecule has 2 aromatic rings. The molecule has 11 heteroatoms. The molecule has 1 fully saturated rings. The summed E-state index contributed by atoms with van der Waals surface area (Å²) < 4.78 is 32.6. The van der Waals surface area contributed by atoms with Gasteiger partial charge >= 0.3 is 0 Å². The third-order valence-electron chi connectivity index (χ3n) is 5.20. The third kappa shape index (κ3) is 5.56. The van der Waals surface area contributed by atoms with Crippen molar-refractivity contribution in [3.05, 3.63) is 63.2 Å². The van der Waals surface area contributed by atoms with Gasteiger partial charge in [-0.05, 0) is 43.2 Å². The first-order valence-electron chi connectivity index (χ1n) is 10.1. The molecular formula is C21H24ClN3O6S. The number of hydrogen-bond donors (Lipinski definition) is 0. The largest absolute Gasteiger partial charge is 0.493 e. The fourth-order valence-electron chi connectivity index (χ4n) is 3.48. The lowest BCUT2D eigenvalue weighted by atomic mass is 10.2. The first-order valence-corrected chi connectivity index (χ1v) is 11.9. The van der Waals surface area contributed by atoms with Gasteiger partial charge in [-0.1, -0.05) is 23.7 Å². The number of piperazine rings is 1. The Morgan fingerprint density at radius 1 is 1.16 bits per heavy atom. The van der Waals surface area contributed by atoms with E-state index in [1.54, 1.807) is 23.1 Å². The molecule has 0 unspecified atom stereocenters. The van der Waals surface area contributed by atoms with Crippen molar-refractivity contribution in [3.63, 3.8) is 0 Å². The summed E-state index contributed by atoms with van der Waals surface area (Å²) in [4.78, 5) is 24.3. The smallest absolute Gasteiger partial charge is 0.289 e. The van der Waals surface area contributed by atoms with Crippen LogP contribution in [0.15, 0.2) is 47.4 Å². The number of ether oxygens (including phenoxy) is 1. The molecule has 172 valence electrons. The molecule has 0 saturated carbocycles. The van der Waals surface area contributed by atoms with Crippen molar-refractivity contribution in [1.82, 2.24) is 9.21 Å². The van der Waals surface area contributed by atoms with E-state index in [9.17, 15) is 23.3 Å². The van der Waals surface area contributed by atoms with E-state index in [2.05, 4.69) is 0 Å². The highest BCUT2D eigenvalue weighted by molar-refractivity contribution is 7.89. The molecule has 3 rings (SSSR count). The Morgan fingerprint density at radius 3 is 2.50 bits per heavy atom. The Kier molecular flexibility index (Phi) is 7.70. The normalized spacial score (nSPS) is 14.9. The first-order chi connectivity index (χ1) is 15.2. The van der Waals surface area contributed by atoms with Crippen LogP contribution in [0, 0.1) is 17.0 Å². The number of rotatable bonds is 8. The van der Waals surface area contributed by atoms with Crippen LogP contribution in [0.25, 0.3) is 0 Å². The van der Waals surface area contributed by atoms with E-state index in [1.807, 2.05) is 6.92 Å². The number of nitrogens with zero attached hydrogens (tertiary/aromatic N) is 3. The number of halogens is 1. The van der Waals surface area contributed by atoms with E-state index >= 15 is 0 Å². The quantitative estimate of drug-likeness (QED) is 0.325. The minimum Gasteiger partial charge on any atom is -0.493 e. The van der Waals surface area contributed by atoms with E-state index in [4.69, 9.17) is 16.3 Å². The Hall–Kier alpha value is -2.69. The lowest BCUT2D eigenvalue weighted by Crippen LogP contribution is -2.50. The van der Waals surface area contributed by atoms with Crippen LogP contribution in [0.5, 0.6) is 5.75 Å². The molecule has 1 heterocycles. The molecule has 32 heavy (non-hydrogen) atoms. The van der Waals surface area contributed by atoms with Crippen LogP contribution in [0.1, 0.15) is 18.4 Å². The number of carbonyl (C=O) groups is 1. The highest BCUT2D eigenvalue weighted by Crippen LogP contribution is 2.27. The first kappa shape index (κ1) is 24.0. The summed E-state index contributed by atoms with van der Waals surface area (Å²) in [5.74, 6) is 0.639. The maximum Gasteiger partial charge on any atom is 0.289 e. The van der Waals surface area contributed by atoms with Gasteiger partial charge in [-0.3, -0.25) is 14.9 Å². The van der Waals surface area contributed by atoms with E-state index < -0.39 is 20.6 Å². The van der Waals surface area contributed by atoms with Crippen molar-refractivity contribution in [2.45, 2.75) is 24.7 Å². The third-order valence-corrected chi connectivity index (χ3v) is 7.38. The maximum absolute atomic E-state index is 12.9.